The zero-order valence-electron chi connectivity index (χ0n) is 15.6. The SMILES string of the molecule is COc1ccc(Nc2cc(-c3ccccc3)nc(N3CCCCC3)n2)cc1. The molecular weight excluding hydrogens is 336 g/mol. The number of methoxy groups -OCH3 is 1. The minimum absolute atomic E-state index is 0.798. The Morgan fingerprint density at radius 2 is 1.63 bits per heavy atom. The first-order chi connectivity index (χ1) is 13.3. The van der Waals surface area contributed by atoms with Crippen molar-refractivity contribution in [1.82, 2.24) is 9.97 Å². The van der Waals surface area contributed by atoms with Crippen LogP contribution < -0.4 is 15.0 Å². The number of nitrogens with one attached hydrogen (secondary N) is 1. The van der Waals surface area contributed by atoms with Crippen LogP contribution in [0.25, 0.3) is 11.3 Å². The van der Waals surface area contributed by atoms with Crippen LogP contribution in [-0.2, 0) is 0 Å². The van der Waals surface area contributed by atoms with E-state index in [4.69, 9.17) is 14.7 Å². The van der Waals surface area contributed by atoms with Gasteiger partial charge in [-0.3, -0.25) is 0 Å². The van der Waals surface area contributed by atoms with Crippen LogP contribution in [0.1, 0.15) is 19.3 Å². The monoisotopic (exact) mass is 360 g/mol. The van der Waals surface area contributed by atoms with Crippen molar-refractivity contribution < 1.29 is 4.74 Å². The molecule has 2 aromatic carbocycles. The molecule has 1 aromatic heterocycles. The normalized spacial score (nSPS) is 14.0. The van der Waals surface area contributed by atoms with E-state index in [0.717, 1.165) is 47.5 Å². The van der Waals surface area contributed by atoms with Gasteiger partial charge in [-0.1, -0.05) is 30.3 Å². The number of piperidine rings is 1. The van der Waals surface area contributed by atoms with Gasteiger partial charge in [-0.05, 0) is 43.5 Å². The summed E-state index contributed by atoms with van der Waals surface area (Å²) in [6.45, 7) is 2.03. The van der Waals surface area contributed by atoms with Gasteiger partial charge < -0.3 is 15.0 Å². The van der Waals surface area contributed by atoms with E-state index in [0.29, 0.717) is 0 Å². The number of anilines is 3. The molecule has 1 saturated heterocycles. The highest BCUT2D eigenvalue weighted by Gasteiger charge is 2.16. The average molecular weight is 360 g/mol. The van der Waals surface area contributed by atoms with Crippen LogP contribution in [-0.4, -0.2) is 30.2 Å². The molecule has 1 N–H and O–H groups in total. The fraction of sp³-hybridized carbons (Fsp3) is 0.273. The first-order valence-electron chi connectivity index (χ1n) is 9.42. The summed E-state index contributed by atoms with van der Waals surface area (Å²) in [6, 6.07) is 20.1. The van der Waals surface area contributed by atoms with Crippen molar-refractivity contribution in [1.29, 1.82) is 0 Å². The molecule has 0 saturated carbocycles. The lowest BCUT2D eigenvalue weighted by molar-refractivity contribution is 0.415. The molecule has 1 aliphatic heterocycles. The second-order valence-corrected chi connectivity index (χ2v) is 6.71. The minimum atomic E-state index is 0.798. The first-order valence-corrected chi connectivity index (χ1v) is 9.42. The second kappa shape index (κ2) is 8.08. The molecule has 0 amide bonds. The average Bonchev–Trinajstić information content (AvgIpc) is 2.75. The van der Waals surface area contributed by atoms with Crippen LogP contribution in [0, 0.1) is 0 Å². The predicted octanol–water partition coefficient (Wildman–Crippen LogP) is 4.89. The second-order valence-electron chi connectivity index (χ2n) is 6.71. The third-order valence-corrected chi connectivity index (χ3v) is 4.79. The lowest BCUT2D eigenvalue weighted by Gasteiger charge is -2.27. The highest BCUT2D eigenvalue weighted by atomic mass is 16.5. The van der Waals surface area contributed by atoms with Crippen LogP contribution in [0.4, 0.5) is 17.5 Å². The lowest BCUT2D eigenvalue weighted by atomic mass is 10.1. The fourth-order valence-corrected chi connectivity index (χ4v) is 3.31. The molecule has 0 bridgehead atoms. The maximum Gasteiger partial charge on any atom is 0.227 e. The molecule has 1 aliphatic rings. The van der Waals surface area contributed by atoms with Crippen molar-refractivity contribution in [3.05, 3.63) is 60.7 Å². The zero-order chi connectivity index (χ0) is 18.5. The van der Waals surface area contributed by atoms with Gasteiger partial charge in [0, 0.05) is 30.4 Å². The van der Waals surface area contributed by atoms with Crippen LogP contribution in [0.2, 0.25) is 0 Å². The van der Waals surface area contributed by atoms with Crippen molar-refractivity contribution in [3.63, 3.8) is 0 Å². The molecule has 27 heavy (non-hydrogen) atoms. The Balaban J connectivity index is 1.68. The van der Waals surface area contributed by atoms with Gasteiger partial charge in [-0.2, -0.15) is 4.98 Å². The minimum Gasteiger partial charge on any atom is -0.497 e. The molecule has 5 heteroatoms. The quantitative estimate of drug-likeness (QED) is 0.702. The topological polar surface area (TPSA) is 50.3 Å². The molecule has 0 radical (unpaired) electrons. The van der Waals surface area contributed by atoms with Crippen LogP contribution >= 0.6 is 0 Å². The Labute approximate surface area is 160 Å². The van der Waals surface area contributed by atoms with E-state index in [2.05, 4.69) is 22.3 Å². The van der Waals surface area contributed by atoms with Crippen molar-refractivity contribution >= 4 is 17.5 Å². The van der Waals surface area contributed by atoms with E-state index in [-0.39, 0.29) is 0 Å². The van der Waals surface area contributed by atoms with E-state index in [1.807, 2.05) is 48.5 Å². The Morgan fingerprint density at radius 3 is 2.33 bits per heavy atom. The third-order valence-electron chi connectivity index (χ3n) is 4.79. The molecule has 0 atom stereocenters. The zero-order valence-corrected chi connectivity index (χ0v) is 15.6. The van der Waals surface area contributed by atoms with Crippen LogP contribution in [0.5, 0.6) is 5.75 Å². The molecule has 0 spiro atoms. The van der Waals surface area contributed by atoms with Gasteiger partial charge in [0.15, 0.2) is 0 Å². The lowest BCUT2D eigenvalue weighted by Crippen LogP contribution is -2.31. The predicted molar refractivity (Wildman–Crippen MR) is 110 cm³/mol. The number of rotatable bonds is 5. The summed E-state index contributed by atoms with van der Waals surface area (Å²) < 4.78 is 5.23. The summed E-state index contributed by atoms with van der Waals surface area (Å²) in [5.74, 6) is 2.43. The van der Waals surface area contributed by atoms with Crippen molar-refractivity contribution in [2.24, 2.45) is 0 Å². The summed E-state index contributed by atoms with van der Waals surface area (Å²) in [5, 5.41) is 3.41. The number of hydrogen-bond donors (Lipinski definition) is 1. The number of benzene rings is 2. The third kappa shape index (κ3) is 4.19. The number of aromatic nitrogens is 2. The van der Waals surface area contributed by atoms with Gasteiger partial charge in [-0.15, -0.1) is 0 Å². The fourth-order valence-electron chi connectivity index (χ4n) is 3.31. The molecule has 3 aromatic rings. The Hall–Kier alpha value is -3.08. The molecule has 5 nitrogen and oxygen atoms in total. The summed E-state index contributed by atoms with van der Waals surface area (Å²) >= 11 is 0. The smallest absolute Gasteiger partial charge is 0.227 e. The van der Waals surface area contributed by atoms with Gasteiger partial charge >= 0.3 is 0 Å². The van der Waals surface area contributed by atoms with Crippen molar-refractivity contribution in [2.75, 3.05) is 30.4 Å². The maximum absolute atomic E-state index is 5.23. The van der Waals surface area contributed by atoms with Gasteiger partial charge in [0.1, 0.15) is 11.6 Å². The van der Waals surface area contributed by atoms with Crippen molar-refractivity contribution in [2.45, 2.75) is 19.3 Å². The number of hydrogen-bond acceptors (Lipinski definition) is 5. The molecule has 1 fully saturated rings. The number of nitrogens with zero attached hydrogens (tertiary/aromatic N) is 3. The van der Waals surface area contributed by atoms with Crippen molar-refractivity contribution in [3.8, 4) is 17.0 Å². The molecule has 0 unspecified atom stereocenters. The Bertz CT molecular complexity index is 875. The first kappa shape index (κ1) is 17.3. The van der Waals surface area contributed by atoms with Gasteiger partial charge in [0.05, 0.1) is 12.8 Å². The summed E-state index contributed by atoms with van der Waals surface area (Å²) in [5.41, 5.74) is 3.00. The molecule has 0 aliphatic carbocycles. The van der Waals surface area contributed by atoms with E-state index in [1.54, 1.807) is 7.11 Å². The van der Waals surface area contributed by atoms with Gasteiger partial charge in [-0.25, -0.2) is 4.98 Å². The van der Waals surface area contributed by atoms with E-state index in [9.17, 15) is 0 Å². The summed E-state index contributed by atoms with van der Waals surface area (Å²) in [4.78, 5) is 11.9. The van der Waals surface area contributed by atoms with Crippen LogP contribution in [0.3, 0.4) is 0 Å². The Morgan fingerprint density at radius 1 is 0.889 bits per heavy atom. The Kier molecular flexibility index (Phi) is 5.19. The van der Waals surface area contributed by atoms with E-state index >= 15 is 0 Å². The highest BCUT2D eigenvalue weighted by molar-refractivity contribution is 5.67. The molecule has 2 heterocycles. The van der Waals surface area contributed by atoms with Gasteiger partial charge in [0.2, 0.25) is 5.95 Å². The van der Waals surface area contributed by atoms with Gasteiger partial charge in [0.25, 0.3) is 0 Å². The molecule has 138 valence electrons. The van der Waals surface area contributed by atoms with Crippen LogP contribution in [0.15, 0.2) is 60.7 Å². The summed E-state index contributed by atoms with van der Waals surface area (Å²) in [6.07, 6.45) is 3.67. The maximum atomic E-state index is 5.23. The largest absolute Gasteiger partial charge is 0.497 e. The molecular formula is C22H24N4O. The van der Waals surface area contributed by atoms with E-state index < -0.39 is 0 Å². The highest BCUT2D eigenvalue weighted by Crippen LogP contribution is 2.27. The molecule has 4 rings (SSSR count). The number of ether oxygens (including phenoxy) is 1. The van der Waals surface area contributed by atoms with E-state index in [1.165, 1.54) is 19.3 Å². The standard InChI is InChI=1S/C22H24N4O/c1-27-19-12-10-18(11-13-19)23-21-16-20(17-8-4-2-5-9-17)24-22(25-21)26-14-6-3-7-15-26/h2,4-5,8-13,16H,3,6-7,14-15H2,1H3,(H,23,24,25). The summed E-state index contributed by atoms with van der Waals surface area (Å²) in [7, 11) is 1.67.